The number of carboxylic acid groups (broad SMARTS) is 2. The maximum Gasteiger partial charge on any atom is 0.335 e. The lowest BCUT2D eigenvalue weighted by atomic mass is 9.99. The monoisotopic (exact) mass is 400 g/mol. The zero-order valence-electron chi connectivity index (χ0n) is 14.9. The van der Waals surface area contributed by atoms with Crippen molar-refractivity contribution in [3.63, 3.8) is 0 Å². The second-order valence-electron chi connectivity index (χ2n) is 5.78. The number of hydrogen-bond acceptors (Lipinski definition) is 9. The molecule has 0 aliphatic carbocycles. The first-order valence-corrected chi connectivity index (χ1v) is 7.95. The van der Waals surface area contributed by atoms with Crippen LogP contribution in [-0.2, 0) is 14.3 Å². The average molecular weight is 400 g/mol. The average Bonchev–Trinajstić information content (AvgIpc) is 2.66. The van der Waals surface area contributed by atoms with Crippen LogP contribution in [0, 0.1) is 0 Å². The number of rotatable bonds is 7. The Balaban J connectivity index is 2.38. The standard InChI is InChI=1S/C17H20O11/c1-25-8-5-7(3-4-10(18)19)6-9(26-2)14(8)27-17-13(22)11(20)12(21)15(28-17)16(23)24/h3-6,11-13,15,17,20-22H,1-2H3,(H,18,19)(H,23,24)/b4-3+/t11-,12-,13+,15-,17+/m0/s1. The molecule has 11 heteroatoms. The van der Waals surface area contributed by atoms with Crippen molar-refractivity contribution in [2.45, 2.75) is 30.7 Å². The van der Waals surface area contributed by atoms with Crippen molar-refractivity contribution in [3.05, 3.63) is 23.8 Å². The molecule has 28 heavy (non-hydrogen) atoms. The summed E-state index contributed by atoms with van der Waals surface area (Å²) >= 11 is 0. The van der Waals surface area contributed by atoms with E-state index in [9.17, 15) is 24.9 Å². The quantitative estimate of drug-likeness (QED) is 0.358. The largest absolute Gasteiger partial charge is 0.493 e. The molecule has 0 unspecified atom stereocenters. The zero-order valence-corrected chi connectivity index (χ0v) is 14.9. The van der Waals surface area contributed by atoms with Gasteiger partial charge in [0, 0.05) is 6.08 Å². The molecule has 0 aromatic heterocycles. The van der Waals surface area contributed by atoms with Gasteiger partial charge in [0.2, 0.25) is 12.0 Å². The molecule has 5 N–H and O–H groups in total. The SMILES string of the molecule is COc1cc(/C=C/C(=O)O)cc(OC)c1O[C@@H]1O[C@H](C(=O)O)[C@@H](O)[C@H](O)[C@H]1O. The summed E-state index contributed by atoms with van der Waals surface area (Å²) in [4.78, 5) is 21.9. The molecule has 1 aliphatic heterocycles. The topological polar surface area (TPSA) is 172 Å². The van der Waals surface area contributed by atoms with Crippen LogP contribution in [0.5, 0.6) is 17.2 Å². The van der Waals surface area contributed by atoms with E-state index in [-0.39, 0.29) is 17.2 Å². The van der Waals surface area contributed by atoms with Crippen molar-refractivity contribution >= 4 is 18.0 Å². The third-order valence-electron chi connectivity index (χ3n) is 3.95. The van der Waals surface area contributed by atoms with E-state index in [0.29, 0.717) is 5.56 Å². The van der Waals surface area contributed by atoms with Crippen molar-refractivity contribution < 1.29 is 54.1 Å². The maximum absolute atomic E-state index is 11.2. The zero-order chi connectivity index (χ0) is 21.0. The number of hydrogen-bond donors (Lipinski definition) is 5. The Kier molecular flexibility index (Phi) is 6.80. The number of ether oxygens (including phenoxy) is 4. The molecular formula is C17H20O11. The van der Waals surface area contributed by atoms with Crippen LogP contribution in [0.3, 0.4) is 0 Å². The third kappa shape index (κ3) is 4.51. The van der Waals surface area contributed by atoms with Gasteiger partial charge in [0.25, 0.3) is 0 Å². The van der Waals surface area contributed by atoms with Gasteiger partial charge in [-0.15, -0.1) is 0 Å². The molecule has 1 saturated heterocycles. The molecule has 0 radical (unpaired) electrons. The number of carboxylic acids is 2. The molecule has 154 valence electrons. The Morgan fingerprint density at radius 3 is 2.04 bits per heavy atom. The van der Waals surface area contributed by atoms with Crippen LogP contribution >= 0.6 is 0 Å². The smallest absolute Gasteiger partial charge is 0.335 e. The van der Waals surface area contributed by atoms with Crippen LogP contribution in [0.4, 0.5) is 0 Å². The van der Waals surface area contributed by atoms with Crippen LogP contribution in [-0.4, -0.2) is 82.4 Å². The van der Waals surface area contributed by atoms with Crippen molar-refractivity contribution in [1.82, 2.24) is 0 Å². The summed E-state index contributed by atoms with van der Waals surface area (Å²) in [5.74, 6) is -2.68. The number of methoxy groups -OCH3 is 2. The number of aliphatic hydroxyl groups is 3. The molecule has 0 spiro atoms. The number of aliphatic carboxylic acids is 2. The molecule has 2 rings (SSSR count). The minimum atomic E-state index is -1.86. The number of aliphatic hydroxyl groups excluding tert-OH is 3. The van der Waals surface area contributed by atoms with E-state index in [4.69, 9.17) is 29.2 Å². The van der Waals surface area contributed by atoms with Gasteiger partial charge in [-0.25, -0.2) is 9.59 Å². The molecule has 1 fully saturated rings. The molecule has 0 bridgehead atoms. The second kappa shape index (κ2) is 8.89. The first kappa shape index (κ1) is 21.4. The van der Waals surface area contributed by atoms with Crippen molar-refractivity contribution in [3.8, 4) is 17.2 Å². The fourth-order valence-electron chi connectivity index (χ4n) is 2.55. The Morgan fingerprint density at radius 1 is 1.00 bits per heavy atom. The summed E-state index contributed by atoms with van der Waals surface area (Å²) in [5.41, 5.74) is 0.396. The van der Waals surface area contributed by atoms with Crippen LogP contribution in [0.2, 0.25) is 0 Å². The predicted molar refractivity (Wildman–Crippen MR) is 91.2 cm³/mol. The van der Waals surface area contributed by atoms with Crippen LogP contribution in [0.1, 0.15) is 5.56 Å². The summed E-state index contributed by atoms with van der Waals surface area (Å²) in [5, 5.41) is 47.5. The van der Waals surface area contributed by atoms with Gasteiger partial charge in [-0.05, 0) is 23.8 Å². The van der Waals surface area contributed by atoms with Gasteiger partial charge in [-0.1, -0.05) is 0 Å². The molecule has 0 saturated carbocycles. The highest BCUT2D eigenvalue weighted by Gasteiger charge is 2.48. The molecule has 1 aromatic carbocycles. The molecule has 11 nitrogen and oxygen atoms in total. The lowest BCUT2D eigenvalue weighted by molar-refractivity contribution is -0.271. The number of carbonyl (C=O) groups is 2. The molecule has 1 aliphatic rings. The van der Waals surface area contributed by atoms with Crippen LogP contribution in [0.15, 0.2) is 18.2 Å². The third-order valence-corrected chi connectivity index (χ3v) is 3.95. The fourth-order valence-corrected chi connectivity index (χ4v) is 2.55. The van der Waals surface area contributed by atoms with Gasteiger partial charge in [0.1, 0.15) is 18.3 Å². The van der Waals surface area contributed by atoms with Gasteiger partial charge in [-0.2, -0.15) is 0 Å². The second-order valence-corrected chi connectivity index (χ2v) is 5.78. The minimum Gasteiger partial charge on any atom is -0.493 e. The summed E-state index contributed by atoms with van der Waals surface area (Å²) in [6.45, 7) is 0. The van der Waals surface area contributed by atoms with E-state index in [0.717, 1.165) is 6.08 Å². The first-order chi connectivity index (χ1) is 13.2. The van der Waals surface area contributed by atoms with Crippen LogP contribution < -0.4 is 14.2 Å². The highest BCUT2D eigenvalue weighted by molar-refractivity contribution is 5.85. The van der Waals surface area contributed by atoms with Crippen molar-refractivity contribution in [2.24, 2.45) is 0 Å². The fraction of sp³-hybridized carbons (Fsp3) is 0.412. The van der Waals surface area contributed by atoms with Gasteiger partial charge in [0.15, 0.2) is 17.6 Å². The van der Waals surface area contributed by atoms with E-state index in [1.165, 1.54) is 32.4 Å². The van der Waals surface area contributed by atoms with Gasteiger partial charge in [-0.3, -0.25) is 0 Å². The molecular weight excluding hydrogens is 380 g/mol. The minimum absolute atomic E-state index is 0.0627. The summed E-state index contributed by atoms with van der Waals surface area (Å²) < 4.78 is 20.9. The van der Waals surface area contributed by atoms with Crippen molar-refractivity contribution in [2.75, 3.05) is 14.2 Å². The van der Waals surface area contributed by atoms with Crippen molar-refractivity contribution in [1.29, 1.82) is 0 Å². The van der Waals surface area contributed by atoms with E-state index in [2.05, 4.69) is 0 Å². The summed E-state index contributed by atoms with van der Waals surface area (Å²) in [6, 6.07) is 2.82. The Bertz CT molecular complexity index is 734. The lowest BCUT2D eigenvalue weighted by Gasteiger charge is -2.38. The van der Waals surface area contributed by atoms with Gasteiger partial charge in [0.05, 0.1) is 14.2 Å². The lowest BCUT2D eigenvalue weighted by Crippen LogP contribution is -2.61. The highest BCUT2D eigenvalue weighted by Crippen LogP contribution is 2.40. The van der Waals surface area contributed by atoms with E-state index < -0.39 is 42.6 Å². The van der Waals surface area contributed by atoms with Gasteiger partial charge >= 0.3 is 11.9 Å². The maximum atomic E-state index is 11.2. The number of benzene rings is 1. The highest BCUT2D eigenvalue weighted by atomic mass is 16.7. The summed E-state index contributed by atoms with van der Waals surface area (Å²) in [7, 11) is 2.59. The Morgan fingerprint density at radius 2 is 1.57 bits per heavy atom. The Hall–Kier alpha value is -2.86. The van der Waals surface area contributed by atoms with Crippen LogP contribution in [0.25, 0.3) is 6.08 Å². The van der Waals surface area contributed by atoms with E-state index in [1.807, 2.05) is 0 Å². The molecule has 0 amide bonds. The van der Waals surface area contributed by atoms with E-state index in [1.54, 1.807) is 0 Å². The normalized spacial score (nSPS) is 27.4. The summed E-state index contributed by atoms with van der Waals surface area (Å²) in [6.07, 6.45) is -6.79. The first-order valence-electron chi connectivity index (χ1n) is 7.95. The molecule has 1 heterocycles. The Labute approximate surface area is 158 Å². The van der Waals surface area contributed by atoms with E-state index >= 15 is 0 Å². The molecule has 1 aromatic rings. The predicted octanol–water partition coefficient (Wildman–Crippen LogP) is -0.927. The molecule has 5 atom stereocenters. The van der Waals surface area contributed by atoms with Gasteiger partial charge < -0.3 is 44.5 Å².